The van der Waals surface area contributed by atoms with Gasteiger partial charge in [-0.3, -0.25) is 0 Å². The fourth-order valence-electron chi connectivity index (χ4n) is 3.05. The van der Waals surface area contributed by atoms with Gasteiger partial charge >= 0.3 is 0 Å². The van der Waals surface area contributed by atoms with E-state index in [1.54, 1.807) is 25.1 Å². The van der Waals surface area contributed by atoms with Crippen molar-refractivity contribution in [3.8, 4) is 5.88 Å². The van der Waals surface area contributed by atoms with E-state index in [0.29, 0.717) is 23.9 Å². The van der Waals surface area contributed by atoms with Crippen LogP contribution >= 0.6 is 12.4 Å². The Morgan fingerprint density at radius 3 is 2.88 bits per heavy atom. The van der Waals surface area contributed by atoms with E-state index in [0.717, 1.165) is 18.5 Å². The van der Waals surface area contributed by atoms with Crippen molar-refractivity contribution in [3.05, 3.63) is 30.0 Å². The molecule has 2 heterocycles. The highest BCUT2D eigenvalue weighted by Gasteiger charge is 2.29. The maximum Gasteiger partial charge on any atom is 0.243 e. The number of benzene rings is 1. The number of fused-ring (bicyclic) bond motifs is 1. The van der Waals surface area contributed by atoms with E-state index >= 15 is 0 Å². The van der Waals surface area contributed by atoms with Gasteiger partial charge in [-0.25, -0.2) is 13.4 Å². The fraction of sp³-hybridized carbons (Fsp3) is 0.438. The SMILES string of the molecule is Cc1cnc(O)c2cccc(S(=O)(=O)N3CCCNC(C)C3)c12.Cl. The van der Waals surface area contributed by atoms with E-state index in [1.807, 2.05) is 6.92 Å². The summed E-state index contributed by atoms with van der Waals surface area (Å²) in [5.41, 5.74) is 0.734. The molecule has 6 nitrogen and oxygen atoms in total. The summed E-state index contributed by atoms with van der Waals surface area (Å²) in [5, 5.41) is 14.3. The molecule has 132 valence electrons. The van der Waals surface area contributed by atoms with Crippen molar-refractivity contribution >= 4 is 33.2 Å². The van der Waals surface area contributed by atoms with Gasteiger partial charge in [-0.2, -0.15) is 4.31 Å². The largest absolute Gasteiger partial charge is 0.493 e. The smallest absolute Gasteiger partial charge is 0.243 e. The zero-order valence-electron chi connectivity index (χ0n) is 13.7. The Morgan fingerprint density at radius 2 is 2.12 bits per heavy atom. The Labute approximate surface area is 148 Å². The van der Waals surface area contributed by atoms with Crippen LogP contribution in [-0.2, 0) is 10.0 Å². The molecule has 1 aromatic heterocycles. The second-order valence-electron chi connectivity index (χ2n) is 6.02. The zero-order valence-corrected chi connectivity index (χ0v) is 15.3. The molecule has 0 bridgehead atoms. The van der Waals surface area contributed by atoms with Crippen molar-refractivity contribution in [2.45, 2.75) is 31.2 Å². The third-order valence-corrected chi connectivity index (χ3v) is 6.12. The van der Waals surface area contributed by atoms with Gasteiger partial charge in [0, 0.05) is 36.1 Å². The van der Waals surface area contributed by atoms with Gasteiger partial charge in [0.15, 0.2) is 0 Å². The van der Waals surface area contributed by atoms with E-state index < -0.39 is 10.0 Å². The van der Waals surface area contributed by atoms with Gasteiger partial charge in [0.25, 0.3) is 0 Å². The minimum atomic E-state index is -3.63. The summed E-state index contributed by atoms with van der Waals surface area (Å²) in [6.07, 6.45) is 2.28. The molecule has 0 radical (unpaired) electrons. The highest BCUT2D eigenvalue weighted by atomic mass is 35.5. The molecule has 2 aromatic rings. The van der Waals surface area contributed by atoms with Crippen LogP contribution in [0.5, 0.6) is 5.88 Å². The van der Waals surface area contributed by atoms with Gasteiger partial charge in [0.2, 0.25) is 15.9 Å². The summed E-state index contributed by atoms with van der Waals surface area (Å²) in [4.78, 5) is 4.14. The number of pyridine rings is 1. The van der Waals surface area contributed by atoms with Gasteiger partial charge in [0.05, 0.1) is 4.90 Å². The van der Waals surface area contributed by atoms with Crippen molar-refractivity contribution < 1.29 is 13.5 Å². The predicted octanol–water partition coefficient (Wildman–Crippen LogP) is 2.04. The molecule has 1 aromatic carbocycles. The van der Waals surface area contributed by atoms with Gasteiger partial charge in [-0.05, 0) is 44.5 Å². The third kappa shape index (κ3) is 3.35. The van der Waals surface area contributed by atoms with Gasteiger partial charge in [-0.1, -0.05) is 6.07 Å². The van der Waals surface area contributed by atoms with Crippen LogP contribution in [0.4, 0.5) is 0 Å². The first-order valence-corrected chi connectivity index (χ1v) is 9.16. The van der Waals surface area contributed by atoms with Crippen LogP contribution in [0.15, 0.2) is 29.3 Å². The average Bonchev–Trinajstić information content (AvgIpc) is 2.75. The molecule has 0 saturated carbocycles. The van der Waals surface area contributed by atoms with E-state index in [-0.39, 0.29) is 29.2 Å². The summed E-state index contributed by atoms with van der Waals surface area (Å²) in [5.74, 6) is -0.145. The van der Waals surface area contributed by atoms with Gasteiger partial charge in [-0.15, -0.1) is 12.4 Å². The number of aromatic hydroxyl groups is 1. The predicted molar refractivity (Wildman–Crippen MR) is 96.2 cm³/mol. The Balaban J connectivity index is 0.00000208. The van der Waals surface area contributed by atoms with Crippen LogP contribution in [0.1, 0.15) is 18.9 Å². The zero-order chi connectivity index (χ0) is 16.6. The lowest BCUT2D eigenvalue weighted by Gasteiger charge is -2.23. The normalized spacial score (nSPS) is 19.7. The molecule has 1 atom stereocenters. The van der Waals surface area contributed by atoms with Gasteiger partial charge < -0.3 is 10.4 Å². The molecule has 2 N–H and O–H groups in total. The number of nitrogens with one attached hydrogen (secondary N) is 1. The van der Waals surface area contributed by atoms with Crippen LogP contribution in [0.2, 0.25) is 0 Å². The maximum absolute atomic E-state index is 13.2. The molecule has 1 fully saturated rings. The molecule has 0 aliphatic carbocycles. The number of hydrogen-bond acceptors (Lipinski definition) is 5. The van der Waals surface area contributed by atoms with Gasteiger partial charge in [0.1, 0.15) is 0 Å². The first-order chi connectivity index (χ1) is 10.9. The van der Waals surface area contributed by atoms with E-state index in [4.69, 9.17) is 0 Å². The topological polar surface area (TPSA) is 82.5 Å². The Morgan fingerprint density at radius 1 is 1.38 bits per heavy atom. The molecule has 0 amide bonds. The number of hydrogen-bond donors (Lipinski definition) is 2. The number of nitrogens with zero attached hydrogens (tertiary/aromatic N) is 2. The monoisotopic (exact) mass is 371 g/mol. The standard InChI is InChI=1S/C16H21N3O3S.ClH/c1-11-9-18-16(20)13-5-3-6-14(15(11)13)23(21,22)19-8-4-7-17-12(2)10-19;/h3,5-6,9,12,17H,4,7-8,10H2,1-2H3,(H,18,20);1H. The lowest BCUT2D eigenvalue weighted by Crippen LogP contribution is -2.39. The lowest BCUT2D eigenvalue weighted by molar-refractivity contribution is 0.404. The highest BCUT2D eigenvalue weighted by Crippen LogP contribution is 2.32. The van der Waals surface area contributed by atoms with Crippen molar-refractivity contribution in [3.63, 3.8) is 0 Å². The van der Waals surface area contributed by atoms with Crippen molar-refractivity contribution in [1.82, 2.24) is 14.6 Å². The molecular weight excluding hydrogens is 350 g/mol. The van der Waals surface area contributed by atoms with Crippen LogP contribution in [-0.4, -0.2) is 48.5 Å². The summed E-state index contributed by atoms with van der Waals surface area (Å²) in [6.45, 7) is 5.53. The number of aryl methyl sites for hydroxylation is 1. The van der Waals surface area contributed by atoms with Crippen molar-refractivity contribution in [1.29, 1.82) is 0 Å². The Bertz CT molecular complexity index is 842. The molecule has 1 aliphatic heterocycles. The average molecular weight is 372 g/mol. The second-order valence-corrected chi connectivity index (χ2v) is 7.92. The number of halogens is 1. The van der Waals surface area contributed by atoms with E-state index in [9.17, 15) is 13.5 Å². The van der Waals surface area contributed by atoms with Crippen LogP contribution in [0.3, 0.4) is 0 Å². The number of sulfonamides is 1. The summed E-state index contributed by atoms with van der Waals surface area (Å²) in [6, 6.07) is 5.05. The molecule has 0 spiro atoms. The molecule has 1 saturated heterocycles. The molecule has 1 aliphatic rings. The first kappa shape index (κ1) is 18.9. The minimum Gasteiger partial charge on any atom is -0.493 e. The highest BCUT2D eigenvalue weighted by molar-refractivity contribution is 7.89. The van der Waals surface area contributed by atoms with Crippen LogP contribution < -0.4 is 5.32 Å². The molecule has 3 rings (SSSR count). The Hall–Kier alpha value is -1.41. The molecule has 24 heavy (non-hydrogen) atoms. The minimum absolute atomic E-state index is 0. The van der Waals surface area contributed by atoms with Crippen molar-refractivity contribution in [2.24, 2.45) is 0 Å². The van der Waals surface area contributed by atoms with Crippen molar-refractivity contribution in [2.75, 3.05) is 19.6 Å². The molecule has 1 unspecified atom stereocenters. The first-order valence-electron chi connectivity index (χ1n) is 7.72. The third-order valence-electron chi connectivity index (χ3n) is 4.21. The Kier molecular flexibility index (Phi) is 5.70. The number of aromatic nitrogens is 1. The molecule has 8 heteroatoms. The fourth-order valence-corrected chi connectivity index (χ4v) is 4.90. The number of rotatable bonds is 2. The maximum atomic E-state index is 13.2. The summed E-state index contributed by atoms with van der Waals surface area (Å²) < 4.78 is 27.8. The molecular formula is C16H22ClN3O3S. The quantitative estimate of drug-likeness (QED) is 0.844. The summed E-state index contributed by atoms with van der Waals surface area (Å²) in [7, 11) is -3.63. The van der Waals surface area contributed by atoms with E-state index in [1.165, 1.54) is 10.5 Å². The van der Waals surface area contributed by atoms with Crippen LogP contribution in [0, 0.1) is 6.92 Å². The van der Waals surface area contributed by atoms with E-state index in [2.05, 4.69) is 10.3 Å². The lowest BCUT2D eigenvalue weighted by atomic mass is 10.1. The second kappa shape index (κ2) is 7.23. The summed E-state index contributed by atoms with van der Waals surface area (Å²) >= 11 is 0. The van der Waals surface area contributed by atoms with Crippen LogP contribution in [0.25, 0.3) is 10.8 Å².